The third kappa shape index (κ3) is 3.39. The van der Waals surface area contributed by atoms with Crippen LogP contribution in [0.4, 0.5) is 5.82 Å². The van der Waals surface area contributed by atoms with Gasteiger partial charge in [0, 0.05) is 30.3 Å². The van der Waals surface area contributed by atoms with Gasteiger partial charge in [0.2, 0.25) is 0 Å². The number of fused-ring (bicyclic) bond motifs is 1. The molecule has 1 saturated heterocycles. The molecule has 0 atom stereocenters. The molecule has 0 spiro atoms. The molecule has 4 aromatic rings. The van der Waals surface area contributed by atoms with Crippen LogP contribution in [0.1, 0.15) is 16.1 Å². The summed E-state index contributed by atoms with van der Waals surface area (Å²) in [4.78, 5) is 21.1. The molecule has 9 nitrogen and oxygen atoms in total. The number of carbonyl (C=O) groups is 1. The SMILES string of the molecule is Cc1cccc(-c2cnn(-c3nc(N)c4oc(C(=O)NCC5COC5)cc4n3)c2)c1. The second-order valence-corrected chi connectivity index (χ2v) is 7.39. The highest BCUT2D eigenvalue weighted by molar-refractivity contribution is 5.97. The topological polar surface area (TPSA) is 121 Å². The second kappa shape index (κ2) is 7.27. The summed E-state index contributed by atoms with van der Waals surface area (Å²) in [5, 5.41) is 7.20. The van der Waals surface area contributed by atoms with E-state index in [1.807, 2.05) is 31.3 Å². The number of nitrogens with two attached hydrogens (primary N) is 1. The molecule has 0 aliphatic carbocycles. The number of nitrogen functional groups attached to an aromatic ring is 1. The lowest BCUT2D eigenvalue weighted by Crippen LogP contribution is -2.39. The van der Waals surface area contributed by atoms with Crippen molar-refractivity contribution in [3.63, 3.8) is 0 Å². The van der Waals surface area contributed by atoms with Crippen molar-refractivity contribution in [1.29, 1.82) is 0 Å². The Morgan fingerprint density at radius 1 is 1.27 bits per heavy atom. The summed E-state index contributed by atoms with van der Waals surface area (Å²) < 4.78 is 12.3. The molecule has 152 valence electrons. The van der Waals surface area contributed by atoms with Gasteiger partial charge in [0.05, 0.1) is 19.4 Å². The highest BCUT2D eigenvalue weighted by Crippen LogP contribution is 2.25. The van der Waals surface area contributed by atoms with Crippen molar-refractivity contribution in [2.75, 3.05) is 25.5 Å². The van der Waals surface area contributed by atoms with Gasteiger partial charge in [0.1, 0.15) is 5.52 Å². The first-order valence-electron chi connectivity index (χ1n) is 9.62. The number of nitrogens with zero attached hydrogens (tertiary/aromatic N) is 4. The predicted octanol–water partition coefficient (Wildman–Crippen LogP) is 2.34. The van der Waals surface area contributed by atoms with Gasteiger partial charge in [-0.15, -0.1) is 0 Å². The molecule has 1 fully saturated rings. The summed E-state index contributed by atoms with van der Waals surface area (Å²) in [5.74, 6) is 0.621. The van der Waals surface area contributed by atoms with Crippen LogP contribution in [0.15, 0.2) is 47.1 Å². The fourth-order valence-corrected chi connectivity index (χ4v) is 3.29. The van der Waals surface area contributed by atoms with Crippen molar-refractivity contribution >= 4 is 22.8 Å². The zero-order chi connectivity index (χ0) is 20.7. The number of anilines is 1. The molecule has 1 aliphatic rings. The van der Waals surface area contributed by atoms with E-state index < -0.39 is 0 Å². The Labute approximate surface area is 171 Å². The molecule has 0 bridgehead atoms. The minimum absolute atomic E-state index is 0.143. The lowest BCUT2D eigenvalue weighted by Gasteiger charge is -2.25. The minimum Gasteiger partial charge on any atom is -0.445 e. The number of aromatic nitrogens is 4. The van der Waals surface area contributed by atoms with E-state index in [4.69, 9.17) is 14.9 Å². The van der Waals surface area contributed by atoms with Crippen molar-refractivity contribution in [3.8, 4) is 17.1 Å². The zero-order valence-corrected chi connectivity index (χ0v) is 16.3. The molecular weight excluding hydrogens is 384 g/mol. The number of benzene rings is 1. The molecule has 3 aromatic heterocycles. The molecule has 1 aromatic carbocycles. The van der Waals surface area contributed by atoms with Crippen molar-refractivity contribution in [2.45, 2.75) is 6.92 Å². The van der Waals surface area contributed by atoms with Crippen molar-refractivity contribution in [1.82, 2.24) is 25.1 Å². The standard InChI is InChI=1S/C21H20N6O3/c1-12-3-2-4-14(5-12)15-8-24-27(9-15)21-25-16-6-17(30-18(16)19(22)26-21)20(28)23-7-13-10-29-11-13/h2-6,8-9,13H,7,10-11H2,1H3,(H,23,28)(H2,22,25,26). The molecule has 4 heterocycles. The normalized spacial score (nSPS) is 14.0. The third-order valence-corrected chi connectivity index (χ3v) is 5.01. The number of aryl methyl sites for hydroxylation is 1. The fraction of sp³-hybridized carbons (Fsp3) is 0.238. The zero-order valence-electron chi connectivity index (χ0n) is 16.3. The van der Waals surface area contributed by atoms with Crippen molar-refractivity contribution in [3.05, 3.63) is 54.0 Å². The maximum absolute atomic E-state index is 12.4. The number of nitrogens with one attached hydrogen (secondary N) is 1. The van der Waals surface area contributed by atoms with Gasteiger partial charge in [0.25, 0.3) is 11.9 Å². The third-order valence-electron chi connectivity index (χ3n) is 5.01. The van der Waals surface area contributed by atoms with Crippen LogP contribution in [0.25, 0.3) is 28.2 Å². The Balaban J connectivity index is 1.42. The smallest absolute Gasteiger partial charge is 0.287 e. The summed E-state index contributed by atoms with van der Waals surface area (Å²) in [6, 6.07) is 9.70. The van der Waals surface area contributed by atoms with Crippen molar-refractivity contribution < 1.29 is 13.9 Å². The van der Waals surface area contributed by atoms with Gasteiger partial charge in [-0.25, -0.2) is 9.67 Å². The van der Waals surface area contributed by atoms with Gasteiger partial charge in [-0.05, 0) is 12.5 Å². The summed E-state index contributed by atoms with van der Waals surface area (Å²) in [5.41, 5.74) is 9.94. The van der Waals surface area contributed by atoms with Crippen LogP contribution in [0.2, 0.25) is 0 Å². The molecule has 3 N–H and O–H groups in total. The van der Waals surface area contributed by atoms with E-state index in [2.05, 4.69) is 26.4 Å². The predicted molar refractivity (Wildman–Crippen MR) is 110 cm³/mol. The fourth-order valence-electron chi connectivity index (χ4n) is 3.29. The monoisotopic (exact) mass is 404 g/mol. The van der Waals surface area contributed by atoms with E-state index in [1.54, 1.807) is 16.9 Å². The van der Waals surface area contributed by atoms with Crippen LogP contribution in [0.5, 0.6) is 0 Å². The Kier molecular flexibility index (Phi) is 4.44. The highest BCUT2D eigenvalue weighted by Gasteiger charge is 2.21. The molecule has 9 heteroatoms. The van der Waals surface area contributed by atoms with E-state index in [0.717, 1.165) is 16.7 Å². The number of carbonyl (C=O) groups excluding carboxylic acids is 1. The summed E-state index contributed by atoms with van der Waals surface area (Å²) in [6.07, 6.45) is 3.58. The molecule has 0 radical (unpaired) electrons. The molecule has 1 amide bonds. The molecule has 5 rings (SSSR count). The van der Waals surface area contributed by atoms with Crippen LogP contribution in [-0.4, -0.2) is 45.4 Å². The molecule has 1 aliphatic heterocycles. The van der Waals surface area contributed by atoms with Crippen LogP contribution < -0.4 is 11.1 Å². The van der Waals surface area contributed by atoms with Gasteiger partial charge < -0.3 is 20.2 Å². The summed E-state index contributed by atoms with van der Waals surface area (Å²) in [7, 11) is 0. The first-order chi connectivity index (χ1) is 14.6. The highest BCUT2D eigenvalue weighted by atomic mass is 16.5. The summed E-state index contributed by atoms with van der Waals surface area (Å²) >= 11 is 0. The first kappa shape index (κ1) is 18.3. The van der Waals surface area contributed by atoms with Crippen molar-refractivity contribution in [2.24, 2.45) is 5.92 Å². The molecule has 0 unspecified atom stereocenters. The van der Waals surface area contributed by atoms with E-state index in [9.17, 15) is 4.79 Å². The first-order valence-corrected chi connectivity index (χ1v) is 9.62. The number of hydrogen-bond donors (Lipinski definition) is 2. The lowest BCUT2D eigenvalue weighted by molar-refractivity contribution is -0.0299. The molecular formula is C21H20N6O3. The Morgan fingerprint density at radius 3 is 2.90 bits per heavy atom. The molecule has 0 saturated carbocycles. The van der Waals surface area contributed by atoms with Crippen LogP contribution in [0, 0.1) is 12.8 Å². The van der Waals surface area contributed by atoms with Gasteiger partial charge in [-0.1, -0.05) is 29.8 Å². The lowest BCUT2D eigenvalue weighted by atomic mass is 10.1. The van der Waals surface area contributed by atoms with E-state index >= 15 is 0 Å². The maximum atomic E-state index is 12.4. The van der Waals surface area contributed by atoms with E-state index in [0.29, 0.717) is 37.1 Å². The van der Waals surface area contributed by atoms with Gasteiger partial charge >= 0.3 is 0 Å². The van der Waals surface area contributed by atoms with Crippen LogP contribution in [0.3, 0.4) is 0 Å². The van der Waals surface area contributed by atoms with Gasteiger partial charge in [-0.2, -0.15) is 10.1 Å². The Bertz CT molecular complexity index is 1240. The van der Waals surface area contributed by atoms with E-state index in [-0.39, 0.29) is 23.1 Å². The van der Waals surface area contributed by atoms with Gasteiger partial charge in [0.15, 0.2) is 17.2 Å². The molecule has 30 heavy (non-hydrogen) atoms. The maximum Gasteiger partial charge on any atom is 0.287 e. The quantitative estimate of drug-likeness (QED) is 0.524. The number of amides is 1. The number of rotatable bonds is 5. The van der Waals surface area contributed by atoms with Crippen LogP contribution in [-0.2, 0) is 4.74 Å². The Hall–Kier alpha value is -3.72. The largest absolute Gasteiger partial charge is 0.445 e. The number of ether oxygens (including phenoxy) is 1. The number of hydrogen-bond acceptors (Lipinski definition) is 7. The van der Waals surface area contributed by atoms with Crippen LogP contribution >= 0.6 is 0 Å². The average Bonchev–Trinajstić information content (AvgIpc) is 3.34. The van der Waals surface area contributed by atoms with E-state index in [1.165, 1.54) is 0 Å². The Morgan fingerprint density at radius 2 is 2.13 bits per heavy atom. The minimum atomic E-state index is -0.318. The second-order valence-electron chi connectivity index (χ2n) is 7.39. The average molecular weight is 404 g/mol. The summed E-state index contributed by atoms with van der Waals surface area (Å²) in [6.45, 7) is 3.91. The van der Waals surface area contributed by atoms with Gasteiger partial charge in [-0.3, -0.25) is 4.79 Å². The number of furan rings is 1.